The van der Waals surface area contributed by atoms with Gasteiger partial charge >= 0.3 is 5.97 Å². The van der Waals surface area contributed by atoms with E-state index in [-0.39, 0.29) is 28.6 Å². The molecule has 0 aliphatic rings. The Morgan fingerprint density at radius 2 is 1.90 bits per heavy atom. The first kappa shape index (κ1) is 25.1. The van der Waals surface area contributed by atoms with Crippen molar-refractivity contribution >= 4 is 39.7 Å². The highest BCUT2D eigenvalue weighted by Crippen LogP contribution is 2.33. The molecule has 0 amide bonds. The van der Waals surface area contributed by atoms with Gasteiger partial charge in [0.25, 0.3) is 11.2 Å². The summed E-state index contributed by atoms with van der Waals surface area (Å²) in [6.07, 6.45) is 1.21. The molecule has 196 valence electrons. The molecule has 5 aromatic rings. The second-order valence-corrected chi connectivity index (χ2v) is 8.14. The predicted octanol–water partition coefficient (Wildman–Crippen LogP) is 4.16. The van der Waals surface area contributed by atoms with E-state index in [2.05, 4.69) is 14.8 Å². The van der Waals surface area contributed by atoms with E-state index in [9.17, 15) is 19.7 Å². The average molecular weight is 528 g/mol. The van der Waals surface area contributed by atoms with Gasteiger partial charge in [0.2, 0.25) is 5.82 Å². The maximum Gasteiger partial charge on any atom is 0.343 e. The lowest BCUT2D eigenvalue weighted by Gasteiger charge is -2.09. The Bertz CT molecular complexity index is 1820. The smallest absolute Gasteiger partial charge is 0.343 e. The van der Waals surface area contributed by atoms with Gasteiger partial charge in [-0.3, -0.25) is 14.9 Å². The molecule has 0 bridgehead atoms. The number of nitro benzene ring substituents is 1. The molecule has 5 rings (SSSR count). The summed E-state index contributed by atoms with van der Waals surface area (Å²) in [4.78, 5) is 40.5. The zero-order valence-corrected chi connectivity index (χ0v) is 20.7. The second kappa shape index (κ2) is 10.5. The van der Waals surface area contributed by atoms with Gasteiger partial charge in [0.05, 0.1) is 41.6 Å². The third-order valence-corrected chi connectivity index (χ3v) is 5.81. The van der Waals surface area contributed by atoms with Gasteiger partial charge in [0.15, 0.2) is 12.4 Å². The number of non-ortho nitro benzene ring substituents is 1. The summed E-state index contributed by atoms with van der Waals surface area (Å²) < 4.78 is 22.5. The van der Waals surface area contributed by atoms with Crippen molar-refractivity contribution in [2.24, 2.45) is 5.10 Å². The van der Waals surface area contributed by atoms with Crippen molar-refractivity contribution in [3.63, 3.8) is 0 Å². The third-order valence-electron chi connectivity index (χ3n) is 5.81. The fourth-order valence-electron chi connectivity index (χ4n) is 3.91. The van der Waals surface area contributed by atoms with Crippen molar-refractivity contribution in [1.82, 2.24) is 9.66 Å². The van der Waals surface area contributed by atoms with Gasteiger partial charge in [-0.1, -0.05) is 18.2 Å². The van der Waals surface area contributed by atoms with Crippen molar-refractivity contribution in [3.05, 3.63) is 92.8 Å². The van der Waals surface area contributed by atoms with E-state index in [1.165, 1.54) is 38.6 Å². The first-order chi connectivity index (χ1) is 18.9. The molecular formula is C27H20N4O8. The maximum atomic E-state index is 13.5. The first-order valence-corrected chi connectivity index (χ1v) is 11.5. The van der Waals surface area contributed by atoms with Crippen molar-refractivity contribution in [2.45, 2.75) is 0 Å². The maximum absolute atomic E-state index is 13.5. The van der Waals surface area contributed by atoms with Crippen molar-refractivity contribution in [2.75, 3.05) is 20.8 Å². The molecule has 0 saturated heterocycles. The summed E-state index contributed by atoms with van der Waals surface area (Å²) >= 11 is 0. The van der Waals surface area contributed by atoms with E-state index in [4.69, 9.17) is 13.9 Å². The number of methoxy groups -OCH3 is 2. The van der Waals surface area contributed by atoms with Crippen LogP contribution < -0.4 is 15.0 Å². The molecule has 39 heavy (non-hydrogen) atoms. The van der Waals surface area contributed by atoms with E-state index in [0.717, 1.165) is 4.68 Å². The largest absolute Gasteiger partial charge is 0.496 e. The summed E-state index contributed by atoms with van der Waals surface area (Å²) in [6.45, 7) is -0.432. The van der Waals surface area contributed by atoms with Gasteiger partial charge in [-0.05, 0) is 36.4 Å². The number of para-hydroxylation sites is 1. The normalized spacial score (nSPS) is 11.2. The highest BCUT2D eigenvalue weighted by atomic mass is 16.6. The Morgan fingerprint density at radius 3 is 2.67 bits per heavy atom. The number of benzene rings is 3. The number of ether oxygens (including phenoxy) is 3. The number of furan rings is 1. The lowest BCUT2D eigenvalue weighted by atomic mass is 10.2. The Labute approximate surface area is 219 Å². The number of hydrogen-bond donors (Lipinski definition) is 0. The lowest BCUT2D eigenvalue weighted by Crippen LogP contribution is -2.20. The Balaban J connectivity index is 1.68. The molecule has 0 N–H and O–H groups in total. The van der Waals surface area contributed by atoms with Crippen LogP contribution in [-0.2, 0) is 9.53 Å². The summed E-state index contributed by atoms with van der Waals surface area (Å²) in [5, 5.41) is 16.7. The van der Waals surface area contributed by atoms with Crippen molar-refractivity contribution in [1.29, 1.82) is 0 Å². The van der Waals surface area contributed by atoms with E-state index in [1.807, 2.05) is 0 Å². The monoisotopic (exact) mass is 528 g/mol. The highest BCUT2D eigenvalue weighted by molar-refractivity contribution is 5.89. The SMILES string of the molecule is COC(=O)COc1ccc([N+](=O)[O-])cc1C=Nn1c(-c2cc3c(OC)cccc3o2)nc2ccccc2c1=O. The van der Waals surface area contributed by atoms with Crippen LogP contribution in [0.25, 0.3) is 33.5 Å². The summed E-state index contributed by atoms with van der Waals surface area (Å²) in [5.74, 6) is 0.386. The Kier molecular flexibility index (Phi) is 6.74. The number of nitrogens with zero attached hydrogens (tertiary/aromatic N) is 4. The quantitative estimate of drug-likeness (QED) is 0.125. The molecule has 12 heteroatoms. The van der Waals surface area contributed by atoms with Crippen LogP contribution in [0.5, 0.6) is 11.5 Å². The summed E-state index contributed by atoms with van der Waals surface area (Å²) in [7, 11) is 2.74. The van der Waals surface area contributed by atoms with Crippen molar-refractivity contribution < 1.29 is 28.3 Å². The molecule has 0 unspecified atom stereocenters. The van der Waals surface area contributed by atoms with Crippen LogP contribution in [0.1, 0.15) is 5.56 Å². The molecule has 0 saturated carbocycles. The molecule has 0 atom stereocenters. The molecule has 12 nitrogen and oxygen atoms in total. The highest BCUT2D eigenvalue weighted by Gasteiger charge is 2.18. The van der Waals surface area contributed by atoms with Gasteiger partial charge in [0, 0.05) is 17.7 Å². The predicted molar refractivity (Wildman–Crippen MR) is 141 cm³/mol. The van der Waals surface area contributed by atoms with Gasteiger partial charge in [-0.2, -0.15) is 9.78 Å². The Hall–Kier alpha value is -5.52. The topological polar surface area (TPSA) is 148 Å². The zero-order valence-electron chi connectivity index (χ0n) is 20.7. The molecule has 0 fully saturated rings. The molecule has 0 aliphatic heterocycles. The molecular weight excluding hydrogens is 508 g/mol. The van der Waals surface area contributed by atoms with Crippen LogP contribution in [0, 0.1) is 10.1 Å². The van der Waals surface area contributed by atoms with Crippen LogP contribution in [0.3, 0.4) is 0 Å². The van der Waals surface area contributed by atoms with Gasteiger partial charge in [0.1, 0.15) is 17.1 Å². The number of fused-ring (bicyclic) bond motifs is 2. The summed E-state index contributed by atoms with van der Waals surface area (Å²) in [6, 6.07) is 17.5. The standard InChI is InChI=1S/C27H20N4O8/c1-36-22-8-5-9-23-19(22)13-24(39-23)26-29-20-7-4-3-6-18(20)27(33)30(26)28-14-16-12-17(31(34)35)10-11-21(16)38-15-25(32)37-2/h3-14H,15H2,1-2H3. The Morgan fingerprint density at radius 1 is 1.08 bits per heavy atom. The van der Waals surface area contributed by atoms with Gasteiger partial charge in [-0.15, -0.1) is 0 Å². The number of nitro groups is 1. The summed E-state index contributed by atoms with van der Waals surface area (Å²) in [5.41, 5.74) is 0.343. The van der Waals surface area contributed by atoms with Crippen molar-refractivity contribution in [3.8, 4) is 23.1 Å². The van der Waals surface area contributed by atoms with Crippen LogP contribution in [0.15, 0.2) is 81.0 Å². The fourth-order valence-corrected chi connectivity index (χ4v) is 3.91. The number of hydrogen-bond acceptors (Lipinski definition) is 10. The average Bonchev–Trinajstić information content (AvgIpc) is 3.40. The van der Waals surface area contributed by atoms with E-state index in [0.29, 0.717) is 27.6 Å². The third kappa shape index (κ3) is 4.90. The van der Waals surface area contributed by atoms with E-state index in [1.54, 1.807) is 48.5 Å². The minimum atomic E-state index is -0.645. The van der Waals surface area contributed by atoms with Gasteiger partial charge < -0.3 is 18.6 Å². The molecule has 0 spiro atoms. The number of carbonyl (C=O) groups excluding carboxylic acids is 1. The zero-order chi connectivity index (χ0) is 27.5. The molecule has 2 aromatic heterocycles. The van der Waals surface area contributed by atoms with E-state index < -0.39 is 23.1 Å². The van der Waals surface area contributed by atoms with E-state index >= 15 is 0 Å². The van der Waals surface area contributed by atoms with Gasteiger partial charge in [-0.25, -0.2) is 9.78 Å². The number of rotatable bonds is 8. The minimum absolute atomic E-state index is 0.0932. The fraction of sp³-hybridized carbons (Fsp3) is 0.111. The van der Waals surface area contributed by atoms with Crippen LogP contribution in [0.4, 0.5) is 5.69 Å². The number of aromatic nitrogens is 2. The van der Waals surface area contributed by atoms with Crippen LogP contribution in [0.2, 0.25) is 0 Å². The van der Waals surface area contributed by atoms with Crippen LogP contribution in [-0.4, -0.2) is 47.6 Å². The second-order valence-electron chi connectivity index (χ2n) is 8.14. The number of esters is 1. The minimum Gasteiger partial charge on any atom is -0.496 e. The lowest BCUT2D eigenvalue weighted by molar-refractivity contribution is -0.384. The molecule has 3 aromatic carbocycles. The number of carbonyl (C=O) groups is 1. The molecule has 0 radical (unpaired) electrons. The first-order valence-electron chi connectivity index (χ1n) is 11.5. The molecule has 2 heterocycles. The molecule has 0 aliphatic carbocycles. The van der Waals surface area contributed by atoms with Crippen LogP contribution >= 0.6 is 0 Å².